The molecule has 3 aliphatic heterocycles. The molecule has 47 heavy (non-hydrogen) atoms. The molecule has 1 aromatic carbocycles. The minimum atomic E-state index is -0.514. The van der Waals surface area contributed by atoms with Crippen LogP contribution in [0, 0.1) is 5.92 Å². The highest BCUT2D eigenvalue weighted by atomic mass is 16.6. The molecule has 2 fully saturated rings. The molecule has 13 heteroatoms. The number of benzene rings is 1. The smallest absolute Gasteiger partial charge is 0.415 e. The molecule has 2 saturated heterocycles. The number of aromatic nitrogens is 2. The van der Waals surface area contributed by atoms with Gasteiger partial charge in [-0.3, -0.25) is 9.69 Å². The van der Waals surface area contributed by atoms with Gasteiger partial charge in [0.25, 0.3) is 5.91 Å². The summed E-state index contributed by atoms with van der Waals surface area (Å²) in [5.74, 6) is 1.65. The van der Waals surface area contributed by atoms with Crippen LogP contribution in [-0.2, 0) is 20.8 Å². The van der Waals surface area contributed by atoms with Gasteiger partial charge in [0, 0.05) is 37.2 Å². The number of rotatable bonds is 10. The van der Waals surface area contributed by atoms with E-state index in [0.29, 0.717) is 69.0 Å². The van der Waals surface area contributed by atoms with Crippen LogP contribution in [0.15, 0.2) is 54.6 Å². The van der Waals surface area contributed by atoms with Crippen molar-refractivity contribution in [1.29, 1.82) is 0 Å². The lowest BCUT2D eigenvalue weighted by Gasteiger charge is -2.24. The van der Waals surface area contributed by atoms with E-state index in [4.69, 9.17) is 23.9 Å². The predicted molar refractivity (Wildman–Crippen MR) is 173 cm³/mol. The number of hydrogen-bond donors (Lipinski definition) is 2. The third-order valence-electron chi connectivity index (χ3n) is 7.93. The Labute approximate surface area is 273 Å². The summed E-state index contributed by atoms with van der Waals surface area (Å²) >= 11 is 0. The summed E-state index contributed by atoms with van der Waals surface area (Å²) in [6.07, 6.45) is 0.447. The Hall–Kier alpha value is -4.91. The normalized spacial score (nSPS) is 19.1. The minimum absolute atomic E-state index is 0.0569. The van der Waals surface area contributed by atoms with Crippen molar-refractivity contribution in [3.63, 3.8) is 0 Å². The van der Waals surface area contributed by atoms with E-state index >= 15 is 0 Å². The highest BCUT2D eigenvalue weighted by Crippen LogP contribution is 2.30. The van der Waals surface area contributed by atoms with Gasteiger partial charge >= 0.3 is 12.2 Å². The molecular weight excluding hydrogens is 604 g/mol. The second-order valence-corrected chi connectivity index (χ2v) is 12.9. The number of likely N-dealkylation sites (tertiary alicyclic amines) is 1. The van der Waals surface area contributed by atoms with E-state index in [2.05, 4.69) is 27.8 Å². The van der Waals surface area contributed by atoms with E-state index in [1.807, 2.05) is 51.1 Å². The first-order valence-electron chi connectivity index (χ1n) is 15.9. The monoisotopic (exact) mass is 644 g/mol. The first kappa shape index (κ1) is 32.0. The molecule has 2 N–H and O–H groups in total. The van der Waals surface area contributed by atoms with Gasteiger partial charge in [0.05, 0.1) is 18.8 Å². The maximum absolute atomic E-state index is 12.5. The van der Waals surface area contributed by atoms with E-state index < -0.39 is 11.7 Å². The van der Waals surface area contributed by atoms with Crippen molar-refractivity contribution < 1.29 is 33.3 Å². The van der Waals surface area contributed by atoms with E-state index in [-0.39, 0.29) is 30.6 Å². The standard InChI is InChI=1S/C34H40N6O7/c1-34(2,3)47-32(42)39-15-13-23(18-39)20-45-30-9-5-8-26(36-30)24-7-4-6-22(16-24)17-35-14-12-25-19-40(33(43)46-25)28-11-10-27-31(37-28)38-29(41)21-44-27/h4-11,16,23,25,35H,12-15,17-21H2,1-3H3,(H,37,38,41)/t23-,25-/m0/s1. The average molecular weight is 645 g/mol. The Morgan fingerprint density at radius 3 is 2.79 bits per heavy atom. The summed E-state index contributed by atoms with van der Waals surface area (Å²) in [4.78, 5) is 48.9. The molecular formula is C34H40N6O7. The summed E-state index contributed by atoms with van der Waals surface area (Å²) < 4.78 is 22.5. The molecule has 248 valence electrons. The van der Waals surface area contributed by atoms with E-state index in [1.165, 1.54) is 4.90 Å². The van der Waals surface area contributed by atoms with Crippen LogP contribution in [-0.4, -0.2) is 84.1 Å². The lowest BCUT2D eigenvalue weighted by atomic mass is 10.1. The first-order valence-corrected chi connectivity index (χ1v) is 15.9. The zero-order valence-corrected chi connectivity index (χ0v) is 26.9. The number of carbonyl (C=O) groups is 3. The second-order valence-electron chi connectivity index (χ2n) is 12.9. The van der Waals surface area contributed by atoms with Gasteiger partial charge in [-0.1, -0.05) is 24.3 Å². The molecule has 0 radical (unpaired) electrons. The molecule has 6 rings (SSSR count). The number of carbonyl (C=O) groups excluding carboxylic acids is 3. The molecule has 3 amide bonds. The molecule has 0 unspecified atom stereocenters. The zero-order valence-electron chi connectivity index (χ0n) is 26.9. The van der Waals surface area contributed by atoms with Crippen molar-refractivity contribution in [2.75, 3.05) is 49.6 Å². The fourth-order valence-electron chi connectivity index (χ4n) is 5.62. The molecule has 5 heterocycles. The van der Waals surface area contributed by atoms with Crippen LogP contribution < -0.4 is 25.0 Å². The quantitative estimate of drug-likeness (QED) is 0.300. The maximum Gasteiger partial charge on any atom is 0.415 e. The highest BCUT2D eigenvalue weighted by molar-refractivity contribution is 5.95. The lowest BCUT2D eigenvalue weighted by molar-refractivity contribution is -0.118. The first-order chi connectivity index (χ1) is 22.6. The van der Waals surface area contributed by atoms with Gasteiger partial charge in [-0.2, -0.15) is 0 Å². The van der Waals surface area contributed by atoms with Crippen molar-refractivity contribution >= 4 is 29.7 Å². The number of nitrogens with zero attached hydrogens (tertiary/aromatic N) is 4. The molecule has 0 saturated carbocycles. The van der Waals surface area contributed by atoms with Gasteiger partial charge in [-0.15, -0.1) is 0 Å². The van der Waals surface area contributed by atoms with Crippen LogP contribution in [0.3, 0.4) is 0 Å². The fraction of sp³-hybridized carbons (Fsp3) is 0.441. The number of nitrogens with one attached hydrogen (secondary N) is 2. The lowest BCUT2D eigenvalue weighted by Crippen LogP contribution is -2.35. The van der Waals surface area contributed by atoms with Crippen molar-refractivity contribution in [3.05, 3.63) is 60.2 Å². The van der Waals surface area contributed by atoms with Crippen LogP contribution in [0.25, 0.3) is 11.3 Å². The summed E-state index contributed by atoms with van der Waals surface area (Å²) in [5, 5.41) is 6.10. The summed E-state index contributed by atoms with van der Waals surface area (Å²) in [5.41, 5.74) is 2.37. The molecule has 0 bridgehead atoms. The average Bonchev–Trinajstić information content (AvgIpc) is 3.68. The number of ether oxygens (including phenoxy) is 4. The van der Waals surface area contributed by atoms with Crippen LogP contribution in [0.1, 0.15) is 39.2 Å². The Bertz CT molecular complexity index is 1630. The van der Waals surface area contributed by atoms with Crippen molar-refractivity contribution in [3.8, 4) is 22.9 Å². The van der Waals surface area contributed by atoms with Gasteiger partial charge in [0.1, 0.15) is 17.5 Å². The number of cyclic esters (lactones) is 1. The Kier molecular flexibility index (Phi) is 9.43. The summed E-state index contributed by atoms with van der Waals surface area (Å²) in [6.45, 7) is 8.94. The number of anilines is 2. The summed E-state index contributed by atoms with van der Waals surface area (Å²) in [7, 11) is 0. The summed E-state index contributed by atoms with van der Waals surface area (Å²) in [6, 6.07) is 17.3. The molecule has 0 aliphatic carbocycles. The number of pyridine rings is 2. The molecule has 2 atom stereocenters. The Balaban J connectivity index is 0.956. The zero-order chi connectivity index (χ0) is 33.0. The fourth-order valence-corrected chi connectivity index (χ4v) is 5.62. The van der Waals surface area contributed by atoms with E-state index in [9.17, 15) is 14.4 Å². The third-order valence-corrected chi connectivity index (χ3v) is 7.93. The van der Waals surface area contributed by atoms with Crippen molar-refractivity contribution in [1.82, 2.24) is 20.2 Å². The molecule has 13 nitrogen and oxygen atoms in total. The Morgan fingerprint density at radius 1 is 1.09 bits per heavy atom. The van der Waals surface area contributed by atoms with Gasteiger partial charge in [-0.25, -0.2) is 19.6 Å². The number of fused-ring (bicyclic) bond motifs is 1. The van der Waals surface area contributed by atoms with E-state index in [1.54, 1.807) is 17.0 Å². The topological polar surface area (TPSA) is 144 Å². The number of amides is 3. The Morgan fingerprint density at radius 2 is 1.94 bits per heavy atom. The van der Waals surface area contributed by atoms with Crippen LogP contribution >= 0.6 is 0 Å². The molecule has 3 aliphatic rings. The third kappa shape index (κ3) is 8.28. The second kappa shape index (κ2) is 13.8. The van der Waals surface area contributed by atoms with Crippen LogP contribution in [0.4, 0.5) is 21.2 Å². The largest absolute Gasteiger partial charge is 0.480 e. The van der Waals surface area contributed by atoms with Gasteiger partial charge in [0.15, 0.2) is 18.2 Å². The molecule has 2 aromatic heterocycles. The highest BCUT2D eigenvalue weighted by Gasteiger charge is 2.34. The minimum Gasteiger partial charge on any atom is -0.480 e. The number of hydrogen-bond acceptors (Lipinski definition) is 10. The molecule has 3 aromatic rings. The van der Waals surface area contributed by atoms with Crippen molar-refractivity contribution in [2.45, 2.75) is 51.9 Å². The maximum atomic E-state index is 12.5. The van der Waals surface area contributed by atoms with Gasteiger partial charge in [-0.05, 0) is 70.0 Å². The SMILES string of the molecule is CC(C)(C)OC(=O)N1CC[C@H](COc2cccc(-c3cccc(CNCC[C@H]4CN(c5ccc6c(n5)NC(=O)CO6)C(=O)O4)c3)n2)C1. The predicted octanol–water partition coefficient (Wildman–Crippen LogP) is 4.62. The van der Waals surface area contributed by atoms with Gasteiger partial charge < -0.3 is 34.5 Å². The van der Waals surface area contributed by atoms with Gasteiger partial charge in [0.2, 0.25) is 5.88 Å². The van der Waals surface area contributed by atoms with Crippen LogP contribution in [0.5, 0.6) is 11.6 Å². The van der Waals surface area contributed by atoms with Crippen molar-refractivity contribution in [2.24, 2.45) is 5.92 Å². The van der Waals surface area contributed by atoms with E-state index in [0.717, 1.165) is 23.2 Å². The van der Waals surface area contributed by atoms with Crippen LogP contribution in [0.2, 0.25) is 0 Å². The molecule has 0 spiro atoms.